The Bertz CT molecular complexity index is 883. The fraction of sp³-hybridized carbons (Fsp3) is 0.455. The number of benzene rings is 1. The zero-order chi connectivity index (χ0) is 20.4. The van der Waals surface area contributed by atoms with Crippen molar-refractivity contribution in [3.8, 4) is 11.4 Å². The van der Waals surface area contributed by atoms with Gasteiger partial charge in [-0.1, -0.05) is 11.6 Å². The minimum Gasteiger partial charge on any atom is -0.496 e. The highest BCUT2D eigenvalue weighted by molar-refractivity contribution is 6.33. The number of methoxy groups -OCH3 is 1. The minimum absolute atomic E-state index is 0.0266. The van der Waals surface area contributed by atoms with E-state index in [2.05, 4.69) is 0 Å². The molecule has 3 heterocycles. The molecule has 6 nitrogen and oxygen atoms in total. The molecule has 0 unspecified atom stereocenters. The highest BCUT2D eigenvalue weighted by atomic mass is 35.5. The van der Waals surface area contributed by atoms with E-state index in [0.717, 1.165) is 31.6 Å². The molecule has 0 atom stereocenters. The van der Waals surface area contributed by atoms with Crippen molar-refractivity contribution in [2.75, 3.05) is 33.3 Å². The molecule has 154 valence electrons. The Morgan fingerprint density at radius 3 is 2.28 bits per heavy atom. The van der Waals surface area contributed by atoms with E-state index in [0.29, 0.717) is 42.3 Å². The molecule has 29 heavy (non-hydrogen) atoms. The van der Waals surface area contributed by atoms with Gasteiger partial charge in [-0.25, -0.2) is 0 Å². The molecule has 2 amide bonds. The van der Waals surface area contributed by atoms with Crippen molar-refractivity contribution < 1.29 is 14.3 Å². The van der Waals surface area contributed by atoms with Gasteiger partial charge in [-0.3, -0.25) is 9.59 Å². The highest BCUT2D eigenvalue weighted by Gasteiger charge is 2.32. The maximum Gasteiger partial charge on any atom is 0.257 e. The number of piperidine rings is 1. The van der Waals surface area contributed by atoms with Crippen molar-refractivity contribution in [3.05, 3.63) is 47.2 Å². The van der Waals surface area contributed by atoms with Gasteiger partial charge in [-0.15, -0.1) is 0 Å². The Hall–Kier alpha value is -2.47. The first-order valence-electron chi connectivity index (χ1n) is 10.2. The third-order valence-electron chi connectivity index (χ3n) is 5.93. The molecule has 2 saturated heterocycles. The Kier molecular flexibility index (Phi) is 5.81. The van der Waals surface area contributed by atoms with E-state index >= 15 is 0 Å². The number of carbonyl (C=O) groups is 2. The number of carbonyl (C=O) groups excluding carboxylic acids is 2. The lowest BCUT2D eigenvalue weighted by Crippen LogP contribution is -2.43. The molecule has 2 aliphatic rings. The predicted molar refractivity (Wildman–Crippen MR) is 112 cm³/mol. The summed E-state index contributed by atoms with van der Waals surface area (Å²) in [5, 5.41) is 0.490. The molecule has 2 fully saturated rings. The Morgan fingerprint density at radius 2 is 1.66 bits per heavy atom. The number of likely N-dealkylation sites (tertiary alicyclic amines) is 2. The molecule has 0 bridgehead atoms. The number of rotatable bonds is 4. The SMILES string of the molecule is COc1cc(-n2cccc2)c(Cl)cc1C(=O)N1CCC(C(=O)N2CCCC2)CC1. The molecule has 4 rings (SSSR count). The molecular formula is C22H26ClN3O3. The van der Waals surface area contributed by atoms with Crippen LogP contribution in [0.4, 0.5) is 0 Å². The second kappa shape index (κ2) is 8.49. The Balaban J connectivity index is 1.47. The zero-order valence-electron chi connectivity index (χ0n) is 16.6. The van der Waals surface area contributed by atoms with Gasteiger partial charge >= 0.3 is 0 Å². The van der Waals surface area contributed by atoms with Crippen molar-refractivity contribution >= 4 is 23.4 Å². The third-order valence-corrected chi connectivity index (χ3v) is 6.23. The number of amides is 2. The van der Waals surface area contributed by atoms with Crippen molar-refractivity contribution in [2.24, 2.45) is 5.92 Å². The van der Waals surface area contributed by atoms with Gasteiger partial charge in [-0.2, -0.15) is 0 Å². The molecule has 0 N–H and O–H groups in total. The zero-order valence-corrected chi connectivity index (χ0v) is 17.4. The standard InChI is InChI=1S/C22H26ClN3O3/c1-29-20-15-19(24-8-2-3-9-24)18(23)14-17(20)22(28)26-12-6-16(7-13-26)21(27)25-10-4-5-11-25/h2-3,8-9,14-16H,4-7,10-13H2,1H3. The van der Waals surface area contributed by atoms with Gasteiger partial charge in [0, 0.05) is 50.6 Å². The summed E-state index contributed by atoms with van der Waals surface area (Å²) in [5.41, 5.74) is 1.22. The number of nitrogens with zero attached hydrogens (tertiary/aromatic N) is 3. The quantitative estimate of drug-likeness (QED) is 0.766. The van der Waals surface area contributed by atoms with E-state index in [9.17, 15) is 9.59 Å². The van der Waals surface area contributed by atoms with E-state index in [1.807, 2.05) is 34.0 Å². The number of aromatic nitrogens is 1. The Labute approximate surface area is 176 Å². The van der Waals surface area contributed by atoms with Crippen LogP contribution in [0, 0.1) is 5.92 Å². The summed E-state index contributed by atoms with van der Waals surface area (Å²) in [7, 11) is 1.56. The largest absolute Gasteiger partial charge is 0.496 e. The summed E-state index contributed by atoms with van der Waals surface area (Å²) < 4.78 is 7.38. The smallest absolute Gasteiger partial charge is 0.257 e. The first kappa shape index (κ1) is 19.8. The van der Waals surface area contributed by atoms with Gasteiger partial charge in [0.1, 0.15) is 5.75 Å². The topological polar surface area (TPSA) is 54.8 Å². The number of ether oxygens (including phenoxy) is 1. The summed E-state index contributed by atoms with van der Waals surface area (Å²) in [6.45, 7) is 2.90. The van der Waals surface area contributed by atoms with Gasteiger partial charge in [0.05, 0.1) is 23.4 Å². The van der Waals surface area contributed by atoms with E-state index in [1.165, 1.54) is 0 Å². The molecule has 0 saturated carbocycles. The predicted octanol–water partition coefficient (Wildman–Crippen LogP) is 3.61. The summed E-state index contributed by atoms with van der Waals surface area (Å²) in [6.07, 6.45) is 7.40. The molecule has 2 aromatic rings. The second-order valence-electron chi connectivity index (χ2n) is 7.69. The summed E-state index contributed by atoms with van der Waals surface area (Å²) in [4.78, 5) is 29.6. The lowest BCUT2D eigenvalue weighted by atomic mass is 9.94. The van der Waals surface area contributed by atoms with Gasteiger partial charge in [-0.05, 0) is 43.9 Å². The molecule has 1 aromatic carbocycles. The highest BCUT2D eigenvalue weighted by Crippen LogP contribution is 2.32. The van der Waals surface area contributed by atoms with Gasteiger partial charge < -0.3 is 19.1 Å². The first-order valence-corrected chi connectivity index (χ1v) is 10.5. The fourth-order valence-corrected chi connectivity index (χ4v) is 4.53. The van der Waals surface area contributed by atoms with Crippen molar-refractivity contribution in [2.45, 2.75) is 25.7 Å². The van der Waals surface area contributed by atoms with Crippen LogP contribution in [0.3, 0.4) is 0 Å². The molecule has 0 spiro atoms. The van der Waals surface area contributed by atoms with Crippen molar-refractivity contribution in [1.29, 1.82) is 0 Å². The molecule has 2 aliphatic heterocycles. The summed E-state index contributed by atoms with van der Waals surface area (Å²) in [5.74, 6) is 0.679. The van der Waals surface area contributed by atoms with Crippen LogP contribution in [0.1, 0.15) is 36.0 Å². The fourth-order valence-electron chi connectivity index (χ4n) is 4.27. The molecule has 0 radical (unpaired) electrons. The van der Waals surface area contributed by atoms with Crippen LogP contribution in [-0.2, 0) is 4.79 Å². The van der Waals surface area contributed by atoms with Crippen molar-refractivity contribution in [1.82, 2.24) is 14.4 Å². The normalized spacial score (nSPS) is 17.6. The minimum atomic E-state index is -0.102. The lowest BCUT2D eigenvalue weighted by Gasteiger charge is -2.33. The van der Waals surface area contributed by atoms with Crippen LogP contribution < -0.4 is 4.74 Å². The summed E-state index contributed by atoms with van der Waals surface area (Å²) in [6, 6.07) is 7.30. The van der Waals surface area contributed by atoms with Crippen LogP contribution in [-0.4, -0.2) is 59.5 Å². The van der Waals surface area contributed by atoms with E-state index in [-0.39, 0.29) is 17.7 Å². The summed E-state index contributed by atoms with van der Waals surface area (Å²) >= 11 is 6.47. The lowest BCUT2D eigenvalue weighted by molar-refractivity contribution is -0.135. The van der Waals surface area contributed by atoms with Crippen molar-refractivity contribution in [3.63, 3.8) is 0 Å². The molecule has 7 heteroatoms. The van der Waals surface area contributed by atoms with E-state index in [1.54, 1.807) is 24.1 Å². The average molecular weight is 416 g/mol. The van der Waals surface area contributed by atoms with Gasteiger partial charge in [0.25, 0.3) is 5.91 Å². The van der Waals surface area contributed by atoms with E-state index < -0.39 is 0 Å². The average Bonchev–Trinajstić information content (AvgIpc) is 3.47. The van der Waals surface area contributed by atoms with Crippen LogP contribution in [0.5, 0.6) is 5.75 Å². The van der Waals surface area contributed by atoms with Gasteiger partial charge in [0.2, 0.25) is 5.91 Å². The van der Waals surface area contributed by atoms with Crippen LogP contribution in [0.2, 0.25) is 5.02 Å². The number of halogens is 1. The molecule has 1 aromatic heterocycles. The van der Waals surface area contributed by atoms with Gasteiger partial charge in [0.15, 0.2) is 0 Å². The Morgan fingerprint density at radius 1 is 1.00 bits per heavy atom. The van der Waals surface area contributed by atoms with Crippen LogP contribution in [0.15, 0.2) is 36.7 Å². The second-order valence-corrected chi connectivity index (χ2v) is 8.10. The van der Waals surface area contributed by atoms with E-state index in [4.69, 9.17) is 16.3 Å². The van der Waals surface area contributed by atoms with Crippen LogP contribution in [0.25, 0.3) is 5.69 Å². The molecular weight excluding hydrogens is 390 g/mol. The maximum absolute atomic E-state index is 13.1. The third kappa shape index (κ3) is 3.99. The number of hydrogen-bond donors (Lipinski definition) is 0. The monoisotopic (exact) mass is 415 g/mol. The maximum atomic E-state index is 13.1. The van der Waals surface area contributed by atoms with Crippen LogP contribution >= 0.6 is 11.6 Å². The first-order chi connectivity index (χ1) is 14.1. The molecule has 0 aliphatic carbocycles. The number of hydrogen-bond acceptors (Lipinski definition) is 3.